The highest BCUT2D eigenvalue weighted by molar-refractivity contribution is 8.22. The maximum atomic E-state index is 14.6. The van der Waals surface area contributed by atoms with Gasteiger partial charge in [0.25, 0.3) is 0 Å². The van der Waals surface area contributed by atoms with Gasteiger partial charge in [0.05, 0.1) is 5.92 Å². The molecule has 4 aromatic rings. The van der Waals surface area contributed by atoms with Crippen molar-refractivity contribution in [3.8, 4) is 33.8 Å². The normalized spacial score (nSPS) is 17.9. The topological polar surface area (TPSA) is 83.8 Å². The number of allylic oxidation sites excluding steroid dienone is 1. The summed E-state index contributed by atoms with van der Waals surface area (Å²) in [6.07, 6.45) is 16.1. The molecular formula is C54H67F13O5S3. The van der Waals surface area contributed by atoms with Gasteiger partial charge in [-0.15, -0.1) is 23.5 Å². The van der Waals surface area contributed by atoms with Crippen LogP contribution in [0.1, 0.15) is 138 Å². The number of phenols is 1. The second-order valence-corrected chi connectivity index (χ2v) is 21.9. The van der Waals surface area contributed by atoms with Crippen LogP contribution in [0.3, 0.4) is 0 Å². The van der Waals surface area contributed by atoms with Gasteiger partial charge in [0.15, 0.2) is 34.9 Å². The summed E-state index contributed by atoms with van der Waals surface area (Å²) in [6, 6.07) is 8.72. The first kappa shape index (κ1) is 67.0. The lowest BCUT2D eigenvalue weighted by molar-refractivity contribution is -0.223. The minimum atomic E-state index is -5.84. The third-order valence-electron chi connectivity index (χ3n) is 12.5. The highest BCUT2D eigenvalue weighted by Crippen LogP contribution is 2.44. The molecule has 4 aromatic carbocycles. The number of ether oxygens (including phenoxy) is 1. The Morgan fingerprint density at radius 3 is 1.40 bits per heavy atom. The average Bonchev–Trinajstić information content (AvgIpc) is 3.33. The molecule has 21 heteroatoms. The van der Waals surface area contributed by atoms with Crippen LogP contribution in [0.2, 0.25) is 0 Å². The van der Waals surface area contributed by atoms with Gasteiger partial charge in [-0.1, -0.05) is 85.6 Å². The van der Waals surface area contributed by atoms with Crippen LogP contribution in [0.25, 0.3) is 22.3 Å². The van der Waals surface area contributed by atoms with E-state index in [1.54, 1.807) is 4.24 Å². The SMILES string of the molecule is C.C.CCCCCC1CCC(=C2SCCCS2)CC1.CCCCCC1CCC(C(F)(F)Oc2ccc(-c3cc(F)c(F)c(F)c3)c(F)c2)CC1.O=S(=O)(O)C(F)(F)F.Oc1ccc(-c2cc(F)c(F)c(F)c2)c(F)c1. The van der Waals surface area contributed by atoms with Crippen LogP contribution in [-0.2, 0) is 10.1 Å². The molecule has 5 nitrogen and oxygen atoms in total. The molecular weight excluding hydrogens is 1070 g/mol. The number of phenolic OH excluding ortho intramolecular Hbond substituents is 1. The molecule has 0 bridgehead atoms. The van der Waals surface area contributed by atoms with Crippen molar-refractivity contribution < 1.29 is 79.9 Å². The molecule has 0 atom stereocenters. The van der Waals surface area contributed by atoms with E-state index >= 15 is 0 Å². The lowest BCUT2D eigenvalue weighted by atomic mass is 9.79. The number of rotatable bonds is 13. The monoisotopic (exact) mass is 1140 g/mol. The van der Waals surface area contributed by atoms with Crippen molar-refractivity contribution in [2.75, 3.05) is 11.5 Å². The van der Waals surface area contributed by atoms with E-state index in [0.29, 0.717) is 43.0 Å². The van der Waals surface area contributed by atoms with Gasteiger partial charge in [-0.2, -0.15) is 30.4 Å². The first-order valence-electron chi connectivity index (χ1n) is 24.0. The maximum absolute atomic E-state index is 14.6. The van der Waals surface area contributed by atoms with E-state index in [9.17, 15) is 57.1 Å². The molecule has 0 spiro atoms. The van der Waals surface area contributed by atoms with Gasteiger partial charge in [-0.25, -0.2) is 35.1 Å². The lowest BCUT2D eigenvalue weighted by Crippen LogP contribution is -2.37. The highest BCUT2D eigenvalue weighted by Gasteiger charge is 2.45. The lowest BCUT2D eigenvalue weighted by Gasteiger charge is -2.33. The van der Waals surface area contributed by atoms with Crippen LogP contribution in [-0.4, -0.2) is 41.2 Å². The molecule has 3 aliphatic rings. The Morgan fingerprint density at radius 1 is 0.587 bits per heavy atom. The smallest absolute Gasteiger partial charge is 0.508 e. The van der Waals surface area contributed by atoms with E-state index in [1.807, 2.05) is 5.57 Å². The predicted molar refractivity (Wildman–Crippen MR) is 274 cm³/mol. The quantitative estimate of drug-likeness (QED) is 0.0454. The van der Waals surface area contributed by atoms with Crippen LogP contribution in [0, 0.1) is 64.3 Å². The molecule has 0 unspecified atom stereocenters. The van der Waals surface area contributed by atoms with Crippen molar-refractivity contribution in [3.05, 3.63) is 117 Å². The summed E-state index contributed by atoms with van der Waals surface area (Å²) in [5, 5.41) is 8.99. The first-order valence-corrected chi connectivity index (χ1v) is 27.4. The Bertz CT molecular complexity index is 2490. The van der Waals surface area contributed by atoms with Gasteiger partial charge < -0.3 is 9.84 Å². The Balaban J connectivity index is 0.000000374. The van der Waals surface area contributed by atoms with Crippen molar-refractivity contribution in [3.63, 3.8) is 0 Å². The molecule has 1 heterocycles. The number of hydrogen-bond acceptors (Lipinski definition) is 6. The number of hydrogen-bond donors (Lipinski definition) is 2. The Morgan fingerprint density at radius 2 is 1.00 bits per heavy atom. The Labute approximate surface area is 441 Å². The fraction of sp³-hybridized carbons (Fsp3) is 0.519. The molecule has 75 heavy (non-hydrogen) atoms. The summed E-state index contributed by atoms with van der Waals surface area (Å²) in [5.74, 6) is -8.23. The van der Waals surface area contributed by atoms with E-state index in [0.717, 1.165) is 80.8 Å². The number of unbranched alkanes of at least 4 members (excludes halogenated alkanes) is 4. The average molecular weight is 1140 g/mol. The fourth-order valence-corrected chi connectivity index (χ4v) is 11.3. The van der Waals surface area contributed by atoms with Crippen molar-refractivity contribution in [2.24, 2.45) is 17.8 Å². The maximum Gasteiger partial charge on any atom is 0.522 e. The molecule has 0 amide bonds. The summed E-state index contributed by atoms with van der Waals surface area (Å²) in [5.41, 5.74) is -4.48. The second kappa shape index (κ2) is 31.4. The van der Waals surface area contributed by atoms with Gasteiger partial charge in [0.1, 0.15) is 23.1 Å². The Hall–Kier alpha value is -4.08. The van der Waals surface area contributed by atoms with E-state index in [1.165, 1.54) is 69.3 Å². The number of thioether (sulfide) groups is 2. The summed E-state index contributed by atoms with van der Waals surface area (Å²) in [6.45, 7) is 4.43. The van der Waals surface area contributed by atoms with Crippen molar-refractivity contribution >= 4 is 33.6 Å². The molecule has 2 aliphatic carbocycles. The molecule has 2 saturated carbocycles. The second-order valence-electron chi connectivity index (χ2n) is 18.0. The van der Waals surface area contributed by atoms with E-state index < -0.39 is 74.2 Å². The van der Waals surface area contributed by atoms with Crippen LogP contribution in [0.15, 0.2) is 70.5 Å². The van der Waals surface area contributed by atoms with Gasteiger partial charge >= 0.3 is 21.7 Å². The first-order chi connectivity index (χ1) is 34.3. The minimum Gasteiger partial charge on any atom is -0.508 e. The van der Waals surface area contributed by atoms with Crippen molar-refractivity contribution in [1.29, 1.82) is 0 Å². The number of benzene rings is 4. The number of aromatic hydroxyl groups is 1. The zero-order valence-electron chi connectivity index (χ0n) is 40.2. The van der Waals surface area contributed by atoms with Crippen molar-refractivity contribution in [2.45, 2.75) is 149 Å². The predicted octanol–water partition coefficient (Wildman–Crippen LogP) is 19.4. The summed E-state index contributed by atoms with van der Waals surface area (Å²) in [7, 11) is -5.84. The molecule has 1 saturated heterocycles. The third-order valence-corrected chi connectivity index (χ3v) is 15.9. The molecule has 2 N–H and O–H groups in total. The van der Waals surface area contributed by atoms with Gasteiger partial charge in [-0.3, -0.25) is 4.55 Å². The van der Waals surface area contributed by atoms with Crippen LogP contribution < -0.4 is 4.74 Å². The summed E-state index contributed by atoms with van der Waals surface area (Å²) in [4.78, 5) is 0. The largest absolute Gasteiger partial charge is 0.522 e. The van der Waals surface area contributed by atoms with Gasteiger partial charge in [0, 0.05) is 27.5 Å². The van der Waals surface area contributed by atoms with Crippen LogP contribution in [0.4, 0.5) is 57.1 Å². The summed E-state index contributed by atoms with van der Waals surface area (Å²) >= 11 is 4.27. The van der Waals surface area contributed by atoms with E-state index in [2.05, 4.69) is 37.4 Å². The van der Waals surface area contributed by atoms with Crippen molar-refractivity contribution in [1.82, 2.24) is 0 Å². The van der Waals surface area contributed by atoms with Crippen LogP contribution >= 0.6 is 23.5 Å². The Kier molecular flexibility index (Phi) is 28.0. The zero-order valence-corrected chi connectivity index (χ0v) is 42.6. The molecule has 0 aromatic heterocycles. The third kappa shape index (κ3) is 21.0. The molecule has 7 rings (SSSR count). The number of alkyl halides is 5. The zero-order chi connectivity index (χ0) is 54.1. The van der Waals surface area contributed by atoms with E-state index in [4.69, 9.17) is 22.8 Å². The molecule has 0 radical (unpaired) electrons. The highest BCUT2D eigenvalue weighted by atomic mass is 32.2. The minimum absolute atomic E-state index is 0. The molecule has 422 valence electrons. The molecule has 3 fully saturated rings. The standard InChI is InChI=1S/C24H26F6O.C15H26S2.C12H6F4O.CHF3O3S.2CH4/c1-2-3-4-5-15-6-8-17(9-7-15)24(29,30)31-18-10-11-19(20(25)14-18)16-12-21(26)23(28)22(27)13-16;1-2-3-4-6-13-7-9-14(10-8-13)15-16-11-5-12-17-15;13-9-5-7(17)1-2-8(9)6-3-10(14)12(16)11(15)4-6;2-1(3,4)8(5,6)7;;/h10-15,17H,2-9H2,1H3;13H,2-12H2,1H3;1-5,17H;(H,5,6,7);2*1H4. The van der Waals surface area contributed by atoms with Gasteiger partial charge in [0.2, 0.25) is 0 Å². The fourth-order valence-electron chi connectivity index (χ4n) is 8.50. The van der Waals surface area contributed by atoms with Gasteiger partial charge in [-0.05, 0) is 141 Å². The van der Waals surface area contributed by atoms with E-state index in [-0.39, 0.29) is 48.6 Å². The summed E-state index contributed by atoms with van der Waals surface area (Å²) < 4.78 is 200. The molecule has 1 aliphatic heterocycles. The number of halogens is 13. The van der Waals surface area contributed by atoms with Crippen LogP contribution in [0.5, 0.6) is 11.5 Å².